The van der Waals surface area contributed by atoms with Crippen molar-refractivity contribution in [3.05, 3.63) is 41.5 Å². The molecule has 0 heterocycles. The molecule has 1 aromatic rings. The average Bonchev–Trinajstić information content (AvgIpc) is 2.82. The van der Waals surface area contributed by atoms with Crippen molar-refractivity contribution in [1.29, 1.82) is 0 Å². The van der Waals surface area contributed by atoms with Crippen LogP contribution in [-0.4, -0.2) is 0 Å². The van der Waals surface area contributed by atoms with Gasteiger partial charge in [0, 0.05) is 5.92 Å². The molecule has 2 aliphatic carbocycles. The van der Waals surface area contributed by atoms with Crippen LogP contribution in [0.3, 0.4) is 0 Å². The van der Waals surface area contributed by atoms with Crippen molar-refractivity contribution in [2.24, 2.45) is 23.7 Å². The third kappa shape index (κ3) is 2.38. The summed E-state index contributed by atoms with van der Waals surface area (Å²) in [5.74, 6) is 4.15. The summed E-state index contributed by atoms with van der Waals surface area (Å²) in [6.07, 6.45) is 9.08. The maximum absolute atomic E-state index is 2.47. The summed E-state index contributed by atoms with van der Waals surface area (Å²) in [7, 11) is 0. The fraction of sp³-hybridized carbons (Fsp3) is 0.579. The van der Waals surface area contributed by atoms with Gasteiger partial charge in [-0.3, -0.25) is 0 Å². The summed E-state index contributed by atoms with van der Waals surface area (Å²) in [5.41, 5.74) is 3.03. The molecule has 0 unspecified atom stereocenters. The predicted octanol–water partition coefficient (Wildman–Crippen LogP) is 5.51. The lowest BCUT2D eigenvalue weighted by atomic mass is 9.64. The Kier molecular flexibility index (Phi) is 3.52. The molecule has 0 radical (unpaired) electrons. The maximum Gasteiger partial charge on any atom is 0.00583 e. The predicted molar refractivity (Wildman–Crippen MR) is 83.1 cm³/mol. The minimum Gasteiger partial charge on any atom is -0.0761 e. The van der Waals surface area contributed by atoms with E-state index in [4.69, 9.17) is 0 Å². The third-order valence-electron chi connectivity index (χ3n) is 5.37. The Hall–Kier alpha value is -1.04. The normalized spacial score (nSPS) is 33.7. The Balaban J connectivity index is 1.90. The Morgan fingerprint density at radius 2 is 1.89 bits per heavy atom. The summed E-state index contributed by atoms with van der Waals surface area (Å²) < 4.78 is 0. The summed E-state index contributed by atoms with van der Waals surface area (Å²) >= 11 is 0. The molecule has 4 atom stereocenters. The fourth-order valence-electron chi connectivity index (χ4n) is 4.34. The zero-order chi connectivity index (χ0) is 13.4. The zero-order valence-corrected chi connectivity index (χ0v) is 12.5. The van der Waals surface area contributed by atoms with Gasteiger partial charge in [0.25, 0.3) is 0 Å². The highest BCUT2D eigenvalue weighted by Gasteiger charge is 2.37. The fourth-order valence-corrected chi connectivity index (χ4v) is 4.34. The summed E-state index contributed by atoms with van der Waals surface area (Å²) in [4.78, 5) is 0. The second-order valence-corrected chi connectivity index (χ2v) is 7.00. The summed E-state index contributed by atoms with van der Waals surface area (Å²) in [6, 6.07) is 8.98. The first kappa shape index (κ1) is 13.0. The van der Waals surface area contributed by atoms with Crippen molar-refractivity contribution >= 4 is 6.08 Å². The lowest BCUT2D eigenvalue weighted by molar-refractivity contribution is 0.133. The Morgan fingerprint density at radius 1 is 1.11 bits per heavy atom. The smallest absolute Gasteiger partial charge is 0.00583 e. The van der Waals surface area contributed by atoms with Crippen LogP contribution in [0, 0.1) is 23.7 Å². The van der Waals surface area contributed by atoms with Gasteiger partial charge < -0.3 is 0 Å². The molecule has 0 spiro atoms. The number of benzene rings is 1. The zero-order valence-electron chi connectivity index (χ0n) is 12.5. The molecule has 3 rings (SSSR count). The summed E-state index contributed by atoms with van der Waals surface area (Å²) in [6.45, 7) is 7.27. The Bertz CT molecular complexity index is 469. The molecule has 0 saturated heterocycles. The van der Waals surface area contributed by atoms with Crippen LogP contribution < -0.4 is 0 Å². The molecule has 0 aliphatic heterocycles. The minimum absolute atomic E-state index is 0.673. The molecule has 1 fully saturated rings. The molecule has 0 bridgehead atoms. The molecule has 0 aromatic heterocycles. The molecule has 0 N–H and O–H groups in total. The Morgan fingerprint density at radius 3 is 2.68 bits per heavy atom. The molecule has 0 heteroatoms. The van der Waals surface area contributed by atoms with Gasteiger partial charge in [0.05, 0.1) is 0 Å². The number of hydrogen-bond acceptors (Lipinski definition) is 0. The van der Waals surface area contributed by atoms with Crippen LogP contribution in [0.25, 0.3) is 6.08 Å². The molecule has 1 aromatic carbocycles. The van der Waals surface area contributed by atoms with Gasteiger partial charge >= 0.3 is 0 Å². The number of hydrogen-bond donors (Lipinski definition) is 0. The van der Waals surface area contributed by atoms with Gasteiger partial charge in [-0.15, -0.1) is 0 Å². The quantitative estimate of drug-likeness (QED) is 0.653. The second kappa shape index (κ2) is 5.15. The topological polar surface area (TPSA) is 0 Å². The minimum atomic E-state index is 0.673. The van der Waals surface area contributed by atoms with Crippen LogP contribution in [0.5, 0.6) is 0 Å². The molecule has 0 amide bonds. The van der Waals surface area contributed by atoms with E-state index in [1.165, 1.54) is 24.8 Å². The van der Waals surface area contributed by atoms with Crippen LogP contribution in [-0.2, 0) is 0 Å². The van der Waals surface area contributed by atoms with Crippen molar-refractivity contribution in [3.63, 3.8) is 0 Å². The standard InChI is InChI=1S/C19H26/c1-13(2)16-10-8-14(3)12-19(16)18-11-9-15-6-4-5-7-17(15)18/h4-7,9,11,13-14,16,18-19H,8,10,12H2,1-3H3/t14-,16-,18-,19-/m1/s1. The van der Waals surface area contributed by atoms with Gasteiger partial charge in [0.2, 0.25) is 0 Å². The molecular weight excluding hydrogens is 228 g/mol. The van der Waals surface area contributed by atoms with Crippen LogP contribution >= 0.6 is 0 Å². The van der Waals surface area contributed by atoms with Gasteiger partial charge in [-0.25, -0.2) is 0 Å². The third-order valence-corrected chi connectivity index (χ3v) is 5.37. The van der Waals surface area contributed by atoms with E-state index in [0.29, 0.717) is 5.92 Å². The van der Waals surface area contributed by atoms with Crippen LogP contribution in [0.15, 0.2) is 30.3 Å². The van der Waals surface area contributed by atoms with Crippen LogP contribution in [0.4, 0.5) is 0 Å². The van der Waals surface area contributed by atoms with E-state index >= 15 is 0 Å². The van der Waals surface area contributed by atoms with Crippen molar-refractivity contribution < 1.29 is 0 Å². The van der Waals surface area contributed by atoms with E-state index in [9.17, 15) is 0 Å². The number of fused-ring (bicyclic) bond motifs is 1. The first-order chi connectivity index (χ1) is 9.16. The van der Waals surface area contributed by atoms with E-state index in [2.05, 4.69) is 57.2 Å². The van der Waals surface area contributed by atoms with Gasteiger partial charge in [0.1, 0.15) is 0 Å². The average molecular weight is 254 g/mol. The second-order valence-electron chi connectivity index (χ2n) is 7.00. The van der Waals surface area contributed by atoms with E-state index in [1.54, 1.807) is 5.56 Å². The maximum atomic E-state index is 2.47. The van der Waals surface area contributed by atoms with Crippen molar-refractivity contribution in [2.75, 3.05) is 0 Å². The molecule has 0 nitrogen and oxygen atoms in total. The number of allylic oxidation sites excluding steroid dienone is 1. The van der Waals surface area contributed by atoms with Gasteiger partial charge in [-0.2, -0.15) is 0 Å². The van der Waals surface area contributed by atoms with Crippen LogP contribution in [0.1, 0.15) is 57.1 Å². The van der Waals surface area contributed by atoms with Crippen molar-refractivity contribution in [3.8, 4) is 0 Å². The van der Waals surface area contributed by atoms with Crippen LogP contribution in [0.2, 0.25) is 0 Å². The first-order valence-electron chi connectivity index (χ1n) is 7.94. The lowest BCUT2D eigenvalue weighted by Crippen LogP contribution is -2.31. The van der Waals surface area contributed by atoms with E-state index in [-0.39, 0.29) is 0 Å². The molecule has 19 heavy (non-hydrogen) atoms. The molecule has 102 valence electrons. The summed E-state index contributed by atoms with van der Waals surface area (Å²) in [5, 5.41) is 0. The highest BCUT2D eigenvalue weighted by molar-refractivity contribution is 5.62. The highest BCUT2D eigenvalue weighted by atomic mass is 14.4. The van der Waals surface area contributed by atoms with Crippen molar-refractivity contribution in [2.45, 2.75) is 46.0 Å². The van der Waals surface area contributed by atoms with Gasteiger partial charge in [-0.05, 0) is 47.6 Å². The highest BCUT2D eigenvalue weighted by Crippen LogP contribution is 2.48. The van der Waals surface area contributed by atoms with E-state index in [0.717, 1.165) is 23.7 Å². The van der Waals surface area contributed by atoms with E-state index in [1.807, 2.05) is 0 Å². The van der Waals surface area contributed by atoms with Gasteiger partial charge in [0.15, 0.2) is 0 Å². The molecule has 1 saturated carbocycles. The molecule has 2 aliphatic rings. The monoisotopic (exact) mass is 254 g/mol. The SMILES string of the molecule is CC(C)[C@H]1CC[C@@H](C)C[C@H]1[C@@H]1C=Cc2ccccc21. The van der Waals surface area contributed by atoms with E-state index < -0.39 is 0 Å². The lowest BCUT2D eigenvalue weighted by Gasteiger charge is -2.40. The van der Waals surface area contributed by atoms with Crippen molar-refractivity contribution in [1.82, 2.24) is 0 Å². The van der Waals surface area contributed by atoms with Gasteiger partial charge in [-0.1, -0.05) is 63.6 Å². The first-order valence-corrected chi connectivity index (χ1v) is 7.94. The molecular formula is C19H26. The Labute approximate surface area is 117 Å². The number of rotatable bonds is 2. The largest absolute Gasteiger partial charge is 0.0761 e.